The fraction of sp³-hybridized carbons (Fsp3) is 0.167. The first kappa shape index (κ1) is 13.7. The molecule has 0 aliphatic carbocycles. The van der Waals surface area contributed by atoms with Gasteiger partial charge in [0.1, 0.15) is 12.3 Å². The van der Waals surface area contributed by atoms with Crippen LogP contribution in [-0.2, 0) is 11.3 Å². The van der Waals surface area contributed by atoms with Crippen molar-refractivity contribution < 1.29 is 9.53 Å². The Morgan fingerprint density at radius 1 is 1.58 bits per heavy atom. The van der Waals surface area contributed by atoms with Crippen LogP contribution in [0.4, 0.5) is 11.4 Å². The van der Waals surface area contributed by atoms with Crippen LogP contribution in [0.25, 0.3) is 0 Å². The number of carbonyl (C=O) groups is 1. The first-order valence-corrected chi connectivity index (χ1v) is 6.57. The minimum atomic E-state index is -0.191. The van der Waals surface area contributed by atoms with Crippen molar-refractivity contribution in [2.45, 2.75) is 6.54 Å². The minimum Gasteiger partial charge on any atom is -0.495 e. The number of benzene rings is 1. The summed E-state index contributed by atoms with van der Waals surface area (Å²) < 4.78 is 7.71. The van der Waals surface area contributed by atoms with Crippen molar-refractivity contribution in [2.24, 2.45) is 0 Å². The summed E-state index contributed by atoms with van der Waals surface area (Å²) in [6, 6.07) is 5.08. The van der Waals surface area contributed by atoms with Gasteiger partial charge in [-0.1, -0.05) is 0 Å². The van der Waals surface area contributed by atoms with Crippen molar-refractivity contribution >= 4 is 39.9 Å². The molecule has 0 spiro atoms. The first-order valence-electron chi connectivity index (χ1n) is 5.50. The zero-order chi connectivity index (χ0) is 13.8. The topological polar surface area (TPSA) is 82.2 Å². The van der Waals surface area contributed by atoms with Gasteiger partial charge in [-0.15, -0.1) is 0 Å². The van der Waals surface area contributed by atoms with E-state index in [1.54, 1.807) is 35.3 Å². The Labute approximate surface area is 124 Å². The molecule has 2 aromatic rings. The van der Waals surface area contributed by atoms with Crippen LogP contribution < -0.4 is 15.8 Å². The number of nitrogen functional groups attached to an aromatic ring is 1. The van der Waals surface area contributed by atoms with E-state index >= 15 is 0 Å². The van der Waals surface area contributed by atoms with E-state index in [9.17, 15) is 4.79 Å². The largest absolute Gasteiger partial charge is 0.495 e. The number of nitrogens with one attached hydrogen (secondary N) is 1. The van der Waals surface area contributed by atoms with Gasteiger partial charge in [0.15, 0.2) is 0 Å². The van der Waals surface area contributed by atoms with Crippen LogP contribution in [-0.4, -0.2) is 22.8 Å². The van der Waals surface area contributed by atoms with Gasteiger partial charge in [-0.3, -0.25) is 9.48 Å². The Bertz CT molecular complexity index is 597. The third-order valence-electron chi connectivity index (χ3n) is 2.40. The molecule has 1 amide bonds. The second-order valence-corrected chi connectivity index (χ2v) is 5.11. The van der Waals surface area contributed by atoms with E-state index in [0.29, 0.717) is 17.1 Å². The Balaban J connectivity index is 2.08. The van der Waals surface area contributed by atoms with E-state index in [4.69, 9.17) is 10.5 Å². The quantitative estimate of drug-likeness (QED) is 0.633. The maximum atomic E-state index is 11.9. The molecule has 2 rings (SSSR count). The number of anilines is 2. The molecular formula is C12H13IN4O2. The third kappa shape index (κ3) is 3.60. The molecule has 0 radical (unpaired) electrons. The van der Waals surface area contributed by atoms with Crippen LogP contribution in [0.5, 0.6) is 5.75 Å². The van der Waals surface area contributed by atoms with Crippen LogP contribution >= 0.6 is 22.6 Å². The van der Waals surface area contributed by atoms with Crippen LogP contribution in [0.3, 0.4) is 0 Å². The molecular weight excluding hydrogens is 359 g/mol. The summed E-state index contributed by atoms with van der Waals surface area (Å²) in [5, 5.41) is 6.80. The van der Waals surface area contributed by atoms with Gasteiger partial charge < -0.3 is 15.8 Å². The van der Waals surface area contributed by atoms with Crippen molar-refractivity contribution in [3.63, 3.8) is 0 Å². The highest BCUT2D eigenvalue weighted by atomic mass is 127. The number of rotatable bonds is 4. The van der Waals surface area contributed by atoms with E-state index in [2.05, 4.69) is 33.0 Å². The molecule has 6 nitrogen and oxygen atoms in total. The molecule has 0 aliphatic rings. The van der Waals surface area contributed by atoms with Gasteiger partial charge in [0.25, 0.3) is 0 Å². The van der Waals surface area contributed by atoms with Gasteiger partial charge in [-0.05, 0) is 40.8 Å². The maximum absolute atomic E-state index is 11.9. The number of hydrogen-bond donors (Lipinski definition) is 2. The van der Waals surface area contributed by atoms with Gasteiger partial charge in [-0.2, -0.15) is 5.10 Å². The monoisotopic (exact) mass is 372 g/mol. The van der Waals surface area contributed by atoms with Crippen LogP contribution in [0.15, 0.2) is 30.6 Å². The summed E-state index contributed by atoms with van der Waals surface area (Å²) in [7, 11) is 1.54. The second-order valence-electron chi connectivity index (χ2n) is 3.86. The lowest BCUT2D eigenvalue weighted by Gasteiger charge is -2.10. The SMILES string of the molecule is COc1ccc(N)cc1NC(=O)Cn1cc(I)cn1. The predicted octanol–water partition coefficient (Wildman–Crippen LogP) is 1.72. The molecule has 0 fully saturated rings. The molecule has 0 atom stereocenters. The summed E-state index contributed by atoms with van der Waals surface area (Å²) in [5.74, 6) is 0.376. The Hall–Kier alpha value is -1.77. The molecule has 1 heterocycles. The number of ether oxygens (including phenoxy) is 1. The zero-order valence-corrected chi connectivity index (χ0v) is 12.4. The Kier molecular flexibility index (Phi) is 4.25. The molecule has 7 heteroatoms. The maximum Gasteiger partial charge on any atom is 0.246 e. The van der Waals surface area contributed by atoms with Gasteiger partial charge in [0.05, 0.1) is 22.6 Å². The van der Waals surface area contributed by atoms with Crippen molar-refractivity contribution in [3.05, 3.63) is 34.2 Å². The molecule has 0 saturated carbocycles. The normalized spacial score (nSPS) is 10.2. The van der Waals surface area contributed by atoms with E-state index in [1.165, 1.54) is 7.11 Å². The fourth-order valence-corrected chi connectivity index (χ4v) is 2.03. The molecule has 3 N–H and O–H groups in total. The van der Waals surface area contributed by atoms with Gasteiger partial charge in [0, 0.05) is 11.9 Å². The highest BCUT2D eigenvalue weighted by molar-refractivity contribution is 14.1. The molecule has 1 aromatic heterocycles. The molecule has 0 aliphatic heterocycles. The van der Waals surface area contributed by atoms with Crippen LogP contribution in [0.2, 0.25) is 0 Å². The first-order chi connectivity index (χ1) is 9.08. The zero-order valence-electron chi connectivity index (χ0n) is 10.3. The lowest BCUT2D eigenvalue weighted by Crippen LogP contribution is -2.19. The van der Waals surface area contributed by atoms with Crippen molar-refractivity contribution in [1.82, 2.24) is 9.78 Å². The molecule has 0 unspecified atom stereocenters. The van der Waals surface area contributed by atoms with E-state index in [-0.39, 0.29) is 12.5 Å². The van der Waals surface area contributed by atoms with Crippen molar-refractivity contribution in [3.8, 4) is 5.75 Å². The lowest BCUT2D eigenvalue weighted by atomic mass is 10.2. The van der Waals surface area contributed by atoms with Gasteiger partial charge >= 0.3 is 0 Å². The number of aromatic nitrogens is 2. The number of nitrogens with zero attached hydrogens (tertiary/aromatic N) is 2. The van der Waals surface area contributed by atoms with E-state index < -0.39 is 0 Å². The highest BCUT2D eigenvalue weighted by Gasteiger charge is 2.09. The molecule has 0 bridgehead atoms. The predicted molar refractivity (Wildman–Crippen MR) is 81.0 cm³/mol. The summed E-state index contributed by atoms with van der Waals surface area (Å²) in [6.07, 6.45) is 3.48. The van der Waals surface area contributed by atoms with Gasteiger partial charge in [0.2, 0.25) is 5.91 Å². The van der Waals surface area contributed by atoms with Crippen molar-refractivity contribution in [2.75, 3.05) is 18.2 Å². The molecule has 1 aromatic carbocycles. The second kappa shape index (κ2) is 5.91. The van der Waals surface area contributed by atoms with Gasteiger partial charge in [-0.25, -0.2) is 0 Å². The van der Waals surface area contributed by atoms with Crippen LogP contribution in [0, 0.1) is 3.57 Å². The number of methoxy groups -OCH3 is 1. The smallest absolute Gasteiger partial charge is 0.246 e. The summed E-state index contributed by atoms with van der Waals surface area (Å²) in [5.41, 5.74) is 6.80. The number of halogens is 1. The number of amides is 1. The Morgan fingerprint density at radius 2 is 2.37 bits per heavy atom. The number of carbonyl (C=O) groups excluding carboxylic acids is 1. The van der Waals surface area contributed by atoms with Crippen LogP contribution in [0.1, 0.15) is 0 Å². The Morgan fingerprint density at radius 3 is 3.00 bits per heavy atom. The summed E-state index contributed by atoms with van der Waals surface area (Å²) in [4.78, 5) is 11.9. The standard InChI is InChI=1S/C12H13IN4O2/c1-19-11-3-2-9(14)4-10(11)16-12(18)7-17-6-8(13)5-15-17/h2-6H,7,14H2,1H3,(H,16,18). The van der Waals surface area contributed by atoms with E-state index in [1.807, 2.05) is 0 Å². The average molecular weight is 372 g/mol. The molecule has 100 valence electrons. The number of hydrogen-bond acceptors (Lipinski definition) is 4. The molecule has 19 heavy (non-hydrogen) atoms. The molecule has 0 saturated heterocycles. The number of nitrogens with two attached hydrogens (primary N) is 1. The minimum absolute atomic E-state index is 0.140. The summed E-state index contributed by atoms with van der Waals surface area (Å²) >= 11 is 2.14. The third-order valence-corrected chi connectivity index (χ3v) is 2.96. The highest BCUT2D eigenvalue weighted by Crippen LogP contribution is 2.26. The summed E-state index contributed by atoms with van der Waals surface area (Å²) in [6.45, 7) is 0.140. The lowest BCUT2D eigenvalue weighted by molar-refractivity contribution is -0.116. The van der Waals surface area contributed by atoms with E-state index in [0.717, 1.165) is 3.57 Å². The fourth-order valence-electron chi connectivity index (χ4n) is 1.58. The van der Waals surface area contributed by atoms with Crippen molar-refractivity contribution in [1.29, 1.82) is 0 Å². The average Bonchev–Trinajstić information content (AvgIpc) is 2.75.